The molecule has 0 aliphatic heterocycles. The third kappa shape index (κ3) is 3.83. The summed E-state index contributed by atoms with van der Waals surface area (Å²) in [5.41, 5.74) is 3.75. The number of aryl methyl sites for hydroxylation is 1. The fraction of sp³-hybridized carbons (Fsp3) is 0.250. The molecule has 0 radical (unpaired) electrons. The van der Waals surface area contributed by atoms with E-state index in [1.54, 1.807) is 7.11 Å². The number of alkyl halides is 1. The molecular formula is C16H16Br2O. The van der Waals surface area contributed by atoms with Crippen LogP contribution in [0, 0.1) is 6.92 Å². The molecule has 0 heterocycles. The number of ether oxygens (including phenoxy) is 1. The second kappa shape index (κ2) is 6.58. The molecule has 0 fully saturated rings. The molecule has 0 N–H and O–H groups in total. The second-order valence-electron chi connectivity index (χ2n) is 4.55. The van der Waals surface area contributed by atoms with Gasteiger partial charge in [-0.25, -0.2) is 0 Å². The summed E-state index contributed by atoms with van der Waals surface area (Å²) in [5, 5.41) is 0. The van der Waals surface area contributed by atoms with E-state index in [0.29, 0.717) is 0 Å². The monoisotopic (exact) mass is 382 g/mol. The van der Waals surface area contributed by atoms with Crippen molar-refractivity contribution in [2.45, 2.75) is 18.2 Å². The third-order valence-electron chi connectivity index (χ3n) is 3.02. The van der Waals surface area contributed by atoms with Gasteiger partial charge in [-0.05, 0) is 48.2 Å². The predicted octanol–water partition coefficient (Wildman–Crippen LogP) is 5.44. The summed E-state index contributed by atoms with van der Waals surface area (Å²) in [5.74, 6) is 0.943. The van der Waals surface area contributed by atoms with E-state index in [2.05, 4.69) is 63.0 Å². The van der Waals surface area contributed by atoms with Crippen molar-refractivity contribution in [3.63, 3.8) is 0 Å². The Hall–Kier alpha value is -0.800. The van der Waals surface area contributed by atoms with Crippen molar-refractivity contribution in [3.05, 3.63) is 63.6 Å². The van der Waals surface area contributed by atoms with Crippen LogP contribution in [0.3, 0.4) is 0 Å². The molecule has 0 amide bonds. The molecule has 0 spiro atoms. The van der Waals surface area contributed by atoms with Crippen LogP contribution in [0.2, 0.25) is 0 Å². The second-order valence-corrected chi connectivity index (χ2v) is 6.57. The van der Waals surface area contributed by atoms with Gasteiger partial charge in [0.25, 0.3) is 0 Å². The van der Waals surface area contributed by atoms with Gasteiger partial charge in [-0.2, -0.15) is 0 Å². The van der Waals surface area contributed by atoms with Crippen LogP contribution in [-0.4, -0.2) is 7.11 Å². The zero-order chi connectivity index (χ0) is 13.8. The summed E-state index contributed by atoms with van der Waals surface area (Å²) in [7, 11) is 1.71. The van der Waals surface area contributed by atoms with Crippen LogP contribution >= 0.6 is 31.9 Å². The largest absolute Gasteiger partial charge is 0.496 e. The molecule has 1 nitrogen and oxygen atoms in total. The number of rotatable bonds is 4. The van der Waals surface area contributed by atoms with Crippen LogP contribution in [0.4, 0.5) is 0 Å². The van der Waals surface area contributed by atoms with Crippen LogP contribution in [0.25, 0.3) is 0 Å². The van der Waals surface area contributed by atoms with E-state index in [1.165, 1.54) is 16.7 Å². The molecular weight excluding hydrogens is 368 g/mol. The maximum absolute atomic E-state index is 5.40. The molecule has 2 aromatic carbocycles. The highest BCUT2D eigenvalue weighted by atomic mass is 79.9. The molecule has 1 atom stereocenters. The normalized spacial score (nSPS) is 12.2. The van der Waals surface area contributed by atoms with Crippen molar-refractivity contribution in [1.82, 2.24) is 0 Å². The van der Waals surface area contributed by atoms with Crippen LogP contribution in [-0.2, 0) is 6.42 Å². The Bertz CT molecular complexity index is 546. The minimum atomic E-state index is 0.278. The minimum absolute atomic E-state index is 0.278. The topological polar surface area (TPSA) is 9.23 Å². The van der Waals surface area contributed by atoms with E-state index >= 15 is 0 Å². The quantitative estimate of drug-likeness (QED) is 0.638. The molecule has 0 aliphatic rings. The number of halogens is 2. The highest BCUT2D eigenvalue weighted by Gasteiger charge is 2.12. The molecule has 100 valence electrons. The summed E-state index contributed by atoms with van der Waals surface area (Å²) < 4.78 is 6.52. The third-order valence-corrected chi connectivity index (χ3v) is 4.33. The van der Waals surface area contributed by atoms with Gasteiger partial charge in [-0.1, -0.05) is 56.1 Å². The number of methoxy groups -OCH3 is 1. The lowest BCUT2D eigenvalue weighted by Crippen LogP contribution is -1.98. The Kier molecular flexibility index (Phi) is 5.06. The van der Waals surface area contributed by atoms with E-state index < -0.39 is 0 Å². The van der Waals surface area contributed by atoms with E-state index in [1.807, 2.05) is 18.2 Å². The summed E-state index contributed by atoms with van der Waals surface area (Å²) in [6.07, 6.45) is 0.903. The molecule has 2 aromatic rings. The molecule has 0 saturated heterocycles. The van der Waals surface area contributed by atoms with Gasteiger partial charge in [0.1, 0.15) is 5.75 Å². The molecule has 2 rings (SSSR count). The molecule has 1 unspecified atom stereocenters. The van der Waals surface area contributed by atoms with E-state index in [4.69, 9.17) is 4.74 Å². The lowest BCUT2D eigenvalue weighted by molar-refractivity contribution is 0.409. The fourth-order valence-electron chi connectivity index (χ4n) is 2.13. The average molecular weight is 384 g/mol. The predicted molar refractivity (Wildman–Crippen MR) is 87.2 cm³/mol. The Balaban J connectivity index is 2.22. The lowest BCUT2D eigenvalue weighted by atomic mass is 10.0. The van der Waals surface area contributed by atoms with Gasteiger partial charge < -0.3 is 4.74 Å². The first-order valence-electron chi connectivity index (χ1n) is 6.13. The molecule has 19 heavy (non-hydrogen) atoms. The van der Waals surface area contributed by atoms with Gasteiger partial charge in [0.15, 0.2) is 0 Å². The first kappa shape index (κ1) is 14.6. The molecule has 0 aromatic heterocycles. The standard InChI is InChI=1S/C16H16Br2O/c1-11-7-13(9-14(17)8-11)15(18)10-12-5-3-4-6-16(12)19-2/h3-9,15H,10H2,1-2H3. The van der Waals surface area contributed by atoms with Crippen LogP contribution < -0.4 is 4.74 Å². The van der Waals surface area contributed by atoms with Gasteiger partial charge in [0, 0.05) is 9.30 Å². The van der Waals surface area contributed by atoms with E-state index in [0.717, 1.165) is 16.6 Å². The lowest BCUT2D eigenvalue weighted by Gasteiger charge is -2.14. The zero-order valence-electron chi connectivity index (χ0n) is 11.0. The van der Waals surface area contributed by atoms with Crippen molar-refractivity contribution >= 4 is 31.9 Å². The highest BCUT2D eigenvalue weighted by molar-refractivity contribution is 9.10. The molecule has 0 bridgehead atoms. The molecule has 0 saturated carbocycles. The fourth-order valence-corrected chi connectivity index (χ4v) is 3.37. The van der Waals surface area contributed by atoms with Crippen molar-refractivity contribution < 1.29 is 4.74 Å². The summed E-state index contributed by atoms with van der Waals surface area (Å²) in [6.45, 7) is 2.11. The number of hydrogen-bond donors (Lipinski definition) is 0. The Morgan fingerprint density at radius 3 is 2.58 bits per heavy atom. The summed E-state index contributed by atoms with van der Waals surface area (Å²) >= 11 is 7.33. The smallest absolute Gasteiger partial charge is 0.122 e. The van der Waals surface area contributed by atoms with Gasteiger partial charge in [-0.3, -0.25) is 0 Å². The highest BCUT2D eigenvalue weighted by Crippen LogP contribution is 2.32. The Morgan fingerprint density at radius 2 is 1.89 bits per heavy atom. The Morgan fingerprint density at radius 1 is 1.16 bits per heavy atom. The van der Waals surface area contributed by atoms with E-state index in [9.17, 15) is 0 Å². The van der Waals surface area contributed by atoms with Crippen molar-refractivity contribution in [3.8, 4) is 5.75 Å². The van der Waals surface area contributed by atoms with Crippen LogP contribution in [0.15, 0.2) is 46.9 Å². The Labute approximate surface area is 131 Å². The van der Waals surface area contributed by atoms with Crippen LogP contribution in [0.1, 0.15) is 21.5 Å². The van der Waals surface area contributed by atoms with Crippen molar-refractivity contribution in [2.75, 3.05) is 7.11 Å². The van der Waals surface area contributed by atoms with Crippen molar-refractivity contribution in [1.29, 1.82) is 0 Å². The van der Waals surface area contributed by atoms with Gasteiger partial charge >= 0.3 is 0 Å². The maximum atomic E-state index is 5.40. The van der Waals surface area contributed by atoms with Gasteiger partial charge in [0.2, 0.25) is 0 Å². The SMILES string of the molecule is COc1ccccc1CC(Br)c1cc(C)cc(Br)c1. The number of benzene rings is 2. The van der Waals surface area contributed by atoms with Gasteiger partial charge in [-0.15, -0.1) is 0 Å². The number of para-hydroxylation sites is 1. The molecule has 0 aliphatic carbocycles. The van der Waals surface area contributed by atoms with Gasteiger partial charge in [0.05, 0.1) is 7.11 Å². The van der Waals surface area contributed by atoms with E-state index in [-0.39, 0.29) is 4.83 Å². The van der Waals surface area contributed by atoms with Crippen molar-refractivity contribution in [2.24, 2.45) is 0 Å². The summed E-state index contributed by atoms with van der Waals surface area (Å²) in [4.78, 5) is 0.278. The summed E-state index contributed by atoms with van der Waals surface area (Å²) in [6, 6.07) is 14.6. The number of hydrogen-bond acceptors (Lipinski definition) is 1. The first-order chi connectivity index (χ1) is 9.10. The molecule has 3 heteroatoms. The first-order valence-corrected chi connectivity index (χ1v) is 7.84. The maximum Gasteiger partial charge on any atom is 0.122 e. The zero-order valence-corrected chi connectivity index (χ0v) is 14.2. The minimum Gasteiger partial charge on any atom is -0.496 e. The van der Waals surface area contributed by atoms with Crippen LogP contribution in [0.5, 0.6) is 5.75 Å². The average Bonchev–Trinajstić information content (AvgIpc) is 2.38.